The number of amides is 1. The molecule has 0 spiro atoms. The summed E-state index contributed by atoms with van der Waals surface area (Å²) in [5.74, 6) is -0.719. The molecule has 2 saturated heterocycles. The Morgan fingerprint density at radius 3 is 2.37 bits per heavy atom. The van der Waals surface area contributed by atoms with Crippen LogP contribution in [0.5, 0.6) is 0 Å². The van der Waals surface area contributed by atoms with Crippen molar-refractivity contribution in [2.75, 3.05) is 26.7 Å². The summed E-state index contributed by atoms with van der Waals surface area (Å²) in [7, 11) is 2.09. The van der Waals surface area contributed by atoms with Gasteiger partial charge in [0.05, 0.1) is 11.6 Å². The van der Waals surface area contributed by atoms with Crippen LogP contribution in [0.25, 0.3) is 10.8 Å². The smallest absolute Gasteiger partial charge is 0.226 e. The maximum atomic E-state index is 14.0. The number of piperidine rings is 1. The topological polar surface area (TPSA) is 47.3 Å². The van der Waals surface area contributed by atoms with Crippen molar-refractivity contribution in [2.45, 2.75) is 31.2 Å². The third-order valence-electron chi connectivity index (χ3n) is 7.76. The first-order chi connectivity index (χ1) is 16.4. The van der Waals surface area contributed by atoms with E-state index in [0.717, 1.165) is 54.3 Å². The predicted molar refractivity (Wildman–Crippen MR) is 134 cm³/mol. The van der Waals surface area contributed by atoms with Crippen LogP contribution in [0, 0.1) is 28.9 Å². The maximum absolute atomic E-state index is 14.0. The van der Waals surface area contributed by atoms with E-state index < -0.39 is 0 Å². The van der Waals surface area contributed by atoms with Crippen LogP contribution in [0.3, 0.4) is 0 Å². The summed E-state index contributed by atoms with van der Waals surface area (Å²) < 4.78 is 27.7. The Bertz CT molecular complexity index is 1280. The molecule has 1 atom stereocenters. The van der Waals surface area contributed by atoms with Crippen molar-refractivity contribution in [3.8, 4) is 6.07 Å². The molecule has 35 heavy (non-hydrogen) atoms. The second-order valence-corrected chi connectivity index (χ2v) is 9.68. The fourth-order valence-electron chi connectivity index (χ4n) is 5.85. The number of benzene rings is 3. The van der Waals surface area contributed by atoms with Crippen molar-refractivity contribution in [3.05, 3.63) is 82.9 Å². The van der Waals surface area contributed by atoms with Crippen molar-refractivity contribution in [2.24, 2.45) is 5.92 Å². The first kappa shape index (κ1) is 25.1. The summed E-state index contributed by atoms with van der Waals surface area (Å²) in [6.07, 6.45) is 2.42. The van der Waals surface area contributed by atoms with Gasteiger partial charge in [-0.1, -0.05) is 18.2 Å². The summed E-state index contributed by atoms with van der Waals surface area (Å²) in [6.45, 7) is 2.71. The number of rotatable bonds is 4. The minimum absolute atomic E-state index is 0. The number of carbonyl (C=O) groups is 1. The van der Waals surface area contributed by atoms with Gasteiger partial charge in [-0.15, -0.1) is 12.4 Å². The van der Waals surface area contributed by atoms with Crippen molar-refractivity contribution >= 4 is 29.1 Å². The third-order valence-corrected chi connectivity index (χ3v) is 7.76. The zero-order valence-electron chi connectivity index (χ0n) is 19.6. The Labute approximate surface area is 210 Å². The monoisotopic (exact) mass is 495 g/mol. The van der Waals surface area contributed by atoms with E-state index in [1.165, 1.54) is 24.3 Å². The highest BCUT2D eigenvalue weighted by atomic mass is 35.5. The number of halogens is 3. The van der Waals surface area contributed by atoms with Crippen LogP contribution in [0.15, 0.2) is 54.6 Å². The van der Waals surface area contributed by atoms with Gasteiger partial charge in [0.25, 0.3) is 0 Å². The largest absolute Gasteiger partial charge is 0.338 e. The van der Waals surface area contributed by atoms with Gasteiger partial charge in [-0.25, -0.2) is 8.78 Å². The zero-order chi connectivity index (χ0) is 23.9. The minimum Gasteiger partial charge on any atom is -0.338 e. The average molecular weight is 496 g/mol. The lowest BCUT2D eigenvalue weighted by Gasteiger charge is -2.44. The summed E-state index contributed by atoms with van der Waals surface area (Å²) in [6, 6.07) is 16.9. The fourth-order valence-corrected chi connectivity index (χ4v) is 5.85. The second-order valence-electron chi connectivity index (χ2n) is 9.68. The number of hydrogen-bond donors (Lipinski definition) is 0. The Balaban J connectivity index is 0.00000289. The number of fused-ring (bicyclic) bond motifs is 1. The van der Waals surface area contributed by atoms with Gasteiger partial charge in [0.2, 0.25) is 5.91 Å². The van der Waals surface area contributed by atoms with Gasteiger partial charge in [-0.05, 0) is 97.7 Å². The van der Waals surface area contributed by atoms with Gasteiger partial charge in [-0.3, -0.25) is 4.79 Å². The molecule has 1 amide bonds. The lowest BCUT2D eigenvalue weighted by Crippen LogP contribution is -2.48. The molecule has 2 aliphatic rings. The van der Waals surface area contributed by atoms with Crippen molar-refractivity contribution in [3.63, 3.8) is 0 Å². The fraction of sp³-hybridized carbons (Fsp3) is 0.357. The highest BCUT2D eigenvalue weighted by Crippen LogP contribution is 2.46. The number of nitriles is 1. The first-order valence-corrected chi connectivity index (χ1v) is 11.8. The maximum Gasteiger partial charge on any atom is 0.226 e. The molecule has 0 radical (unpaired) electrons. The van der Waals surface area contributed by atoms with Crippen LogP contribution in [0.2, 0.25) is 0 Å². The zero-order valence-corrected chi connectivity index (χ0v) is 20.5. The molecule has 1 unspecified atom stereocenters. The molecule has 0 aromatic heterocycles. The Hall–Kier alpha value is -3.01. The number of likely N-dealkylation sites (tertiary alicyclic amines) is 2. The normalized spacial score (nSPS) is 20.0. The van der Waals surface area contributed by atoms with Crippen molar-refractivity contribution in [1.29, 1.82) is 5.26 Å². The van der Waals surface area contributed by atoms with Gasteiger partial charge >= 0.3 is 0 Å². The molecule has 3 aromatic rings. The third kappa shape index (κ3) is 4.63. The highest BCUT2D eigenvalue weighted by Gasteiger charge is 2.49. The van der Waals surface area contributed by atoms with Gasteiger partial charge in [0, 0.05) is 24.4 Å². The van der Waals surface area contributed by atoms with E-state index in [1.807, 2.05) is 17.0 Å². The Morgan fingerprint density at radius 1 is 1.00 bits per heavy atom. The van der Waals surface area contributed by atoms with E-state index >= 15 is 0 Å². The molecule has 7 heteroatoms. The molecule has 0 saturated carbocycles. The van der Waals surface area contributed by atoms with Crippen LogP contribution in [-0.2, 0) is 16.8 Å². The van der Waals surface area contributed by atoms with Crippen molar-refractivity contribution in [1.82, 2.24) is 9.80 Å². The van der Waals surface area contributed by atoms with E-state index in [4.69, 9.17) is 0 Å². The van der Waals surface area contributed by atoms with Gasteiger partial charge in [-0.2, -0.15) is 5.26 Å². The predicted octanol–water partition coefficient (Wildman–Crippen LogP) is 5.42. The number of nitrogens with zero attached hydrogens (tertiary/aromatic N) is 3. The Kier molecular flexibility index (Phi) is 7.12. The van der Waals surface area contributed by atoms with Gasteiger partial charge < -0.3 is 9.80 Å². The molecule has 2 aliphatic heterocycles. The summed E-state index contributed by atoms with van der Waals surface area (Å²) >= 11 is 0. The average Bonchev–Trinajstić information content (AvgIpc) is 3.21. The van der Waals surface area contributed by atoms with E-state index in [9.17, 15) is 18.8 Å². The number of hydrogen-bond acceptors (Lipinski definition) is 3. The van der Waals surface area contributed by atoms with E-state index in [1.54, 1.807) is 18.2 Å². The molecule has 0 bridgehead atoms. The molecule has 2 fully saturated rings. The van der Waals surface area contributed by atoms with E-state index in [-0.39, 0.29) is 41.3 Å². The van der Waals surface area contributed by atoms with E-state index in [2.05, 4.69) is 18.0 Å². The molecular formula is C28H28ClF2N3O. The lowest BCUT2D eigenvalue weighted by molar-refractivity contribution is -0.134. The SMILES string of the molecule is CN1CCC(c2ccc(F)cc2)(C2CCN(Cc3cc(C#N)cc4ccc(F)cc34)C2=O)CC1.Cl. The summed E-state index contributed by atoms with van der Waals surface area (Å²) in [5, 5.41) is 11.0. The molecule has 3 aromatic carbocycles. The quantitative estimate of drug-likeness (QED) is 0.485. The van der Waals surface area contributed by atoms with Crippen LogP contribution in [0.1, 0.15) is 36.0 Å². The van der Waals surface area contributed by atoms with Gasteiger partial charge in [0.15, 0.2) is 0 Å². The van der Waals surface area contributed by atoms with E-state index in [0.29, 0.717) is 18.7 Å². The van der Waals surface area contributed by atoms with Crippen LogP contribution in [-0.4, -0.2) is 42.4 Å². The molecular weight excluding hydrogens is 468 g/mol. The lowest BCUT2D eigenvalue weighted by atomic mass is 9.64. The summed E-state index contributed by atoms with van der Waals surface area (Å²) in [4.78, 5) is 17.9. The van der Waals surface area contributed by atoms with Crippen LogP contribution < -0.4 is 0 Å². The molecule has 0 N–H and O–H groups in total. The van der Waals surface area contributed by atoms with Crippen LogP contribution in [0.4, 0.5) is 8.78 Å². The number of carbonyl (C=O) groups excluding carboxylic acids is 1. The molecule has 2 heterocycles. The molecule has 0 aliphatic carbocycles. The van der Waals surface area contributed by atoms with Gasteiger partial charge in [0.1, 0.15) is 11.6 Å². The Morgan fingerprint density at radius 2 is 1.69 bits per heavy atom. The molecule has 182 valence electrons. The summed E-state index contributed by atoms with van der Waals surface area (Å²) in [5.41, 5.74) is 1.98. The highest BCUT2D eigenvalue weighted by molar-refractivity contribution is 5.88. The molecule has 5 rings (SSSR count). The minimum atomic E-state index is -0.342. The standard InChI is InChI=1S/C28H27F2N3O.ClH/c1-32-12-9-28(10-13-32,22-3-6-23(29)7-4-22)26-8-11-33(27(26)34)18-21-15-19(17-31)14-20-2-5-24(30)16-25(20)21;/h2-7,14-16,26H,8-13,18H2,1H3;1H. The second kappa shape index (κ2) is 9.93. The van der Waals surface area contributed by atoms with Crippen LogP contribution >= 0.6 is 12.4 Å². The first-order valence-electron chi connectivity index (χ1n) is 11.8. The van der Waals surface area contributed by atoms with Crippen molar-refractivity contribution < 1.29 is 13.6 Å². The molecule has 4 nitrogen and oxygen atoms in total.